The Bertz CT molecular complexity index is 1030. The molecule has 2 saturated carbocycles. The van der Waals surface area contributed by atoms with Gasteiger partial charge >= 0.3 is 17.9 Å². The maximum atomic E-state index is 13.2. The first-order valence-electron chi connectivity index (χ1n) is 11.2. The Kier molecular flexibility index (Phi) is 4.80. The van der Waals surface area contributed by atoms with Gasteiger partial charge in [0.05, 0.1) is 26.9 Å². The average Bonchev–Trinajstić information content (AvgIpc) is 3.10. The number of esters is 3. The van der Waals surface area contributed by atoms with Gasteiger partial charge in [0.25, 0.3) is 0 Å². The molecular weight excluding hydrogens is 452 g/mol. The summed E-state index contributed by atoms with van der Waals surface area (Å²) >= 11 is 0. The normalized spacial score (nSPS) is 49.1. The molecule has 4 fully saturated rings. The van der Waals surface area contributed by atoms with Crippen molar-refractivity contribution in [3.05, 3.63) is 11.3 Å². The number of fused-ring (bicyclic) bond motifs is 2. The van der Waals surface area contributed by atoms with Crippen molar-refractivity contribution in [2.45, 2.75) is 50.6 Å². The Balaban J connectivity index is 1.80. The molecule has 0 aromatic heterocycles. The van der Waals surface area contributed by atoms with Crippen LogP contribution in [-0.2, 0) is 38.1 Å². The van der Waals surface area contributed by atoms with Crippen LogP contribution < -0.4 is 0 Å². The van der Waals surface area contributed by atoms with Gasteiger partial charge in [0, 0.05) is 23.7 Å². The molecule has 3 aliphatic carbocycles. The second kappa shape index (κ2) is 7.02. The molecule has 10 atom stereocenters. The van der Waals surface area contributed by atoms with E-state index in [4.69, 9.17) is 18.9 Å². The maximum Gasteiger partial charge on any atom is 0.341 e. The van der Waals surface area contributed by atoms with Crippen molar-refractivity contribution >= 4 is 23.7 Å². The molecule has 2 saturated heterocycles. The van der Waals surface area contributed by atoms with E-state index in [9.17, 15) is 34.5 Å². The lowest BCUT2D eigenvalue weighted by Crippen LogP contribution is -2.78. The van der Waals surface area contributed by atoms with E-state index >= 15 is 0 Å². The predicted octanol–water partition coefficient (Wildman–Crippen LogP) is -0.572. The molecule has 11 nitrogen and oxygen atoms in total. The van der Waals surface area contributed by atoms with Crippen molar-refractivity contribution in [1.82, 2.24) is 0 Å². The minimum absolute atomic E-state index is 0.140. The van der Waals surface area contributed by atoms with Crippen LogP contribution in [0.5, 0.6) is 0 Å². The highest BCUT2D eigenvalue weighted by molar-refractivity contribution is 5.99. The number of methoxy groups -OCH3 is 2. The Morgan fingerprint density at radius 2 is 1.79 bits per heavy atom. The zero-order chi connectivity index (χ0) is 25.0. The zero-order valence-electron chi connectivity index (χ0n) is 19.3. The van der Waals surface area contributed by atoms with Crippen LogP contribution in [0.4, 0.5) is 0 Å². The summed E-state index contributed by atoms with van der Waals surface area (Å²) in [6.45, 7) is 3.17. The molecule has 0 aromatic rings. The number of hydrogen-bond acceptors (Lipinski definition) is 11. The van der Waals surface area contributed by atoms with Crippen molar-refractivity contribution in [2.24, 2.45) is 34.5 Å². The maximum absolute atomic E-state index is 13.2. The largest absolute Gasteiger partial charge is 0.504 e. The van der Waals surface area contributed by atoms with Gasteiger partial charge in [-0.05, 0) is 30.3 Å². The lowest BCUT2D eigenvalue weighted by molar-refractivity contribution is -0.282. The third-order valence-corrected chi connectivity index (χ3v) is 9.35. The molecule has 1 unspecified atom stereocenters. The van der Waals surface area contributed by atoms with E-state index in [0.717, 1.165) is 14.2 Å². The fourth-order valence-corrected chi connectivity index (χ4v) is 8.16. The van der Waals surface area contributed by atoms with Crippen molar-refractivity contribution in [3.8, 4) is 0 Å². The van der Waals surface area contributed by atoms with E-state index in [1.807, 2.05) is 0 Å². The van der Waals surface area contributed by atoms with E-state index in [0.29, 0.717) is 5.57 Å². The minimum atomic E-state index is -2.21. The van der Waals surface area contributed by atoms with Crippen molar-refractivity contribution in [1.29, 1.82) is 0 Å². The van der Waals surface area contributed by atoms with Crippen LogP contribution in [0.1, 0.15) is 26.7 Å². The van der Waals surface area contributed by atoms with Crippen LogP contribution in [0, 0.1) is 34.5 Å². The van der Waals surface area contributed by atoms with Gasteiger partial charge in [-0.3, -0.25) is 14.4 Å². The highest BCUT2D eigenvalue weighted by atomic mass is 16.6. The molecular formula is C23H28O11. The smallest absolute Gasteiger partial charge is 0.341 e. The standard InChI is InChI=1S/C23H28O11/c1-8-9-5-11-22-7-33-23(20(30)32-4,15(22)12(18(28)31-3)19(29)34-11)17(27)14(26)16(22)21(9,2)6-10(24)13(8)25/h9,11-12,14-17,25-27H,5-7H2,1-4H3/t9-,11+,12-,14+,15+,16+,17-,21-,22-,23?/m0/s1. The first-order chi connectivity index (χ1) is 15.9. The van der Waals surface area contributed by atoms with Crippen molar-refractivity contribution in [2.75, 3.05) is 20.8 Å². The van der Waals surface area contributed by atoms with E-state index in [1.165, 1.54) is 0 Å². The molecule has 11 heteroatoms. The van der Waals surface area contributed by atoms with Gasteiger partial charge in [-0.25, -0.2) is 4.79 Å². The zero-order valence-corrected chi connectivity index (χ0v) is 19.3. The lowest BCUT2D eigenvalue weighted by Gasteiger charge is -2.67. The summed E-state index contributed by atoms with van der Waals surface area (Å²) in [5, 5.41) is 33.3. The van der Waals surface area contributed by atoms with Gasteiger partial charge in [-0.2, -0.15) is 0 Å². The molecule has 0 amide bonds. The van der Waals surface area contributed by atoms with E-state index < -0.39 is 82.1 Å². The van der Waals surface area contributed by atoms with Crippen LogP contribution >= 0.6 is 0 Å². The van der Waals surface area contributed by atoms with Crippen LogP contribution in [0.3, 0.4) is 0 Å². The van der Waals surface area contributed by atoms with Crippen molar-refractivity contribution in [3.63, 3.8) is 0 Å². The van der Waals surface area contributed by atoms with E-state index in [-0.39, 0.29) is 25.2 Å². The molecule has 0 radical (unpaired) electrons. The summed E-state index contributed by atoms with van der Waals surface area (Å²) in [7, 11) is 2.17. The topological polar surface area (TPSA) is 166 Å². The Labute approximate surface area is 195 Å². The number of allylic oxidation sites excluding steroid dienone is 2. The Morgan fingerprint density at radius 3 is 2.41 bits per heavy atom. The highest BCUT2D eigenvalue weighted by Gasteiger charge is 2.85. The summed E-state index contributed by atoms with van der Waals surface area (Å²) in [5.74, 6) is -8.05. The second-order valence-electron chi connectivity index (χ2n) is 10.4. The quantitative estimate of drug-likeness (QED) is 0.263. The van der Waals surface area contributed by atoms with Crippen LogP contribution in [0.2, 0.25) is 0 Å². The minimum Gasteiger partial charge on any atom is -0.504 e. The molecule has 5 rings (SSSR count). The number of ether oxygens (including phenoxy) is 4. The highest BCUT2D eigenvalue weighted by Crippen LogP contribution is 2.73. The lowest BCUT2D eigenvalue weighted by atomic mass is 9.37. The van der Waals surface area contributed by atoms with Gasteiger partial charge in [0.1, 0.15) is 12.2 Å². The average molecular weight is 480 g/mol. The molecule has 2 bridgehead atoms. The number of aliphatic hydroxyl groups is 3. The van der Waals surface area contributed by atoms with Gasteiger partial charge in [0.15, 0.2) is 23.1 Å². The number of carbonyl (C=O) groups is 4. The molecule has 0 aromatic carbocycles. The van der Waals surface area contributed by atoms with Gasteiger partial charge in [-0.1, -0.05) is 6.92 Å². The monoisotopic (exact) mass is 480 g/mol. The molecule has 1 spiro atoms. The predicted molar refractivity (Wildman–Crippen MR) is 109 cm³/mol. The molecule has 34 heavy (non-hydrogen) atoms. The molecule has 186 valence electrons. The number of rotatable bonds is 2. The summed E-state index contributed by atoms with van der Waals surface area (Å²) in [4.78, 5) is 51.9. The molecule has 5 aliphatic rings. The van der Waals surface area contributed by atoms with Gasteiger partial charge in [0.2, 0.25) is 0 Å². The van der Waals surface area contributed by atoms with E-state index in [2.05, 4.69) is 0 Å². The first-order valence-corrected chi connectivity index (χ1v) is 11.2. The number of carbonyl (C=O) groups excluding carboxylic acids is 4. The second-order valence-corrected chi connectivity index (χ2v) is 10.4. The molecule has 2 aliphatic heterocycles. The van der Waals surface area contributed by atoms with Crippen LogP contribution in [0.15, 0.2) is 11.3 Å². The fraction of sp³-hybridized carbons (Fsp3) is 0.739. The Hall–Kier alpha value is -2.50. The van der Waals surface area contributed by atoms with Crippen molar-refractivity contribution < 1.29 is 53.4 Å². The van der Waals surface area contributed by atoms with Crippen LogP contribution in [0.25, 0.3) is 0 Å². The third kappa shape index (κ3) is 2.33. The number of aliphatic hydroxyl groups excluding tert-OH is 3. The summed E-state index contributed by atoms with van der Waals surface area (Å²) in [6, 6.07) is 0. The van der Waals surface area contributed by atoms with Gasteiger partial charge < -0.3 is 34.3 Å². The van der Waals surface area contributed by atoms with Gasteiger partial charge in [-0.15, -0.1) is 0 Å². The number of hydrogen-bond donors (Lipinski definition) is 3. The fourth-order valence-electron chi connectivity index (χ4n) is 8.16. The molecule has 3 N–H and O–H groups in total. The SMILES string of the molecule is COC(=O)[C@H]1C(=O)O[C@@H]2C[C@H]3C(C)=C(O)C(=O)C[C@]3(C)[C@H]3[C@@H](O)[C@H](O)C4(C(=O)OC)OC[C@]32[C@@H]14. The first kappa shape index (κ1) is 23.3. The molecule has 2 heterocycles. The third-order valence-electron chi connectivity index (χ3n) is 9.35. The summed E-state index contributed by atoms with van der Waals surface area (Å²) < 4.78 is 21.6. The number of ketones is 1. The van der Waals surface area contributed by atoms with Crippen LogP contribution in [-0.4, -0.2) is 83.8 Å². The van der Waals surface area contributed by atoms with E-state index in [1.54, 1.807) is 13.8 Å². The number of Topliss-reactive ketones (excluding diaryl/α,β-unsaturated/α-hetero) is 1. The summed E-state index contributed by atoms with van der Waals surface area (Å²) in [6.07, 6.45) is -4.33. The summed E-state index contributed by atoms with van der Waals surface area (Å²) in [5.41, 5.74) is -4.10. The Morgan fingerprint density at radius 1 is 1.12 bits per heavy atom.